The normalized spacial score (nSPS) is 10.8. The molecule has 0 aliphatic carbocycles. The SMILES string of the molecule is Cc1ccsc1/C=N\NC(=O)COc1cccc(C)c1C. The molecule has 0 aliphatic heterocycles. The van der Waals surface area contributed by atoms with Crippen molar-refractivity contribution in [3.8, 4) is 5.75 Å². The number of hydrogen-bond donors (Lipinski definition) is 1. The lowest BCUT2D eigenvalue weighted by molar-refractivity contribution is -0.123. The van der Waals surface area contributed by atoms with E-state index in [4.69, 9.17) is 4.74 Å². The molecule has 0 saturated heterocycles. The van der Waals surface area contributed by atoms with Gasteiger partial charge < -0.3 is 4.74 Å². The number of aryl methyl sites for hydroxylation is 2. The van der Waals surface area contributed by atoms with Crippen LogP contribution in [-0.2, 0) is 4.79 Å². The number of hydrazone groups is 1. The molecule has 2 aromatic rings. The van der Waals surface area contributed by atoms with E-state index in [0.29, 0.717) is 0 Å². The summed E-state index contributed by atoms with van der Waals surface area (Å²) in [4.78, 5) is 12.7. The van der Waals surface area contributed by atoms with Gasteiger partial charge >= 0.3 is 0 Å². The topological polar surface area (TPSA) is 50.7 Å². The zero-order chi connectivity index (χ0) is 15.2. The van der Waals surface area contributed by atoms with Crippen LogP contribution in [0.1, 0.15) is 21.6 Å². The van der Waals surface area contributed by atoms with Gasteiger partial charge in [0, 0.05) is 4.88 Å². The molecular formula is C16H18N2O2S. The monoisotopic (exact) mass is 302 g/mol. The van der Waals surface area contributed by atoms with Gasteiger partial charge in [-0.25, -0.2) is 5.43 Å². The first-order chi connectivity index (χ1) is 10.1. The van der Waals surface area contributed by atoms with E-state index < -0.39 is 0 Å². The van der Waals surface area contributed by atoms with Gasteiger partial charge in [0.05, 0.1) is 6.21 Å². The Morgan fingerprint density at radius 3 is 2.81 bits per heavy atom. The number of carbonyl (C=O) groups excluding carboxylic acids is 1. The van der Waals surface area contributed by atoms with Crippen LogP contribution in [0.3, 0.4) is 0 Å². The zero-order valence-electron chi connectivity index (χ0n) is 12.3. The fraction of sp³-hybridized carbons (Fsp3) is 0.250. The second-order valence-electron chi connectivity index (χ2n) is 4.75. The van der Waals surface area contributed by atoms with Crippen molar-refractivity contribution >= 4 is 23.5 Å². The molecule has 5 heteroatoms. The molecular weight excluding hydrogens is 284 g/mol. The zero-order valence-corrected chi connectivity index (χ0v) is 13.2. The van der Waals surface area contributed by atoms with E-state index in [1.54, 1.807) is 17.6 Å². The molecule has 1 heterocycles. The smallest absolute Gasteiger partial charge is 0.277 e. The minimum atomic E-state index is -0.277. The maximum absolute atomic E-state index is 11.7. The molecule has 1 aromatic heterocycles. The largest absolute Gasteiger partial charge is 0.483 e. The average Bonchev–Trinajstić information content (AvgIpc) is 2.86. The van der Waals surface area contributed by atoms with Crippen LogP contribution in [0.25, 0.3) is 0 Å². The Hall–Kier alpha value is -2.14. The van der Waals surface area contributed by atoms with Gasteiger partial charge in [0.15, 0.2) is 6.61 Å². The van der Waals surface area contributed by atoms with Crippen molar-refractivity contribution in [1.29, 1.82) is 0 Å². The van der Waals surface area contributed by atoms with Crippen molar-refractivity contribution in [2.24, 2.45) is 5.10 Å². The predicted molar refractivity (Wildman–Crippen MR) is 86.2 cm³/mol. The Morgan fingerprint density at radius 2 is 2.10 bits per heavy atom. The molecule has 110 valence electrons. The highest BCUT2D eigenvalue weighted by atomic mass is 32.1. The number of hydrogen-bond acceptors (Lipinski definition) is 4. The molecule has 0 saturated carbocycles. The van der Waals surface area contributed by atoms with E-state index in [1.807, 2.05) is 50.4 Å². The van der Waals surface area contributed by atoms with E-state index >= 15 is 0 Å². The molecule has 1 amide bonds. The van der Waals surface area contributed by atoms with Crippen LogP contribution >= 0.6 is 11.3 Å². The fourth-order valence-corrected chi connectivity index (χ4v) is 2.52. The van der Waals surface area contributed by atoms with Gasteiger partial charge in [0.25, 0.3) is 5.91 Å². The average molecular weight is 302 g/mol. The Bertz CT molecular complexity index is 662. The molecule has 0 bridgehead atoms. The molecule has 0 spiro atoms. The standard InChI is InChI=1S/C16H18N2O2S/c1-11-5-4-6-14(13(11)3)20-10-16(19)18-17-9-15-12(2)7-8-21-15/h4-9H,10H2,1-3H3,(H,18,19)/b17-9-. The second-order valence-corrected chi connectivity index (χ2v) is 5.70. The first kappa shape index (κ1) is 15.3. The van der Waals surface area contributed by atoms with E-state index in [-0.39, 0.29) is 12.5 Å². The number of thiophene rings is 1. The van der Waals surface area contributed by atoms with Gasteiger partial charge in [-0.2, -0.15) is 5.10 Å². The Balaban J connectivity index is 1.84. The summed E-state index contributed by atoms with van der Waals surface area (Å²) in [5, 5.41) is 5.92. The summed E-state index contributed by atoms with van der Waals surface area (Å²) < 4.78 is 5.51. The lowest BCUT2D eigenvalue weighted by atomic mass is 10.1. The highest BCUT2D eigenvalue weighted by molar-refractivity contribution is 7.11. The van der Waals surface area contributed by atoms with Gasteiger partial charge in [-0.3, -0.25) is 4.79 Å². The number of ether oxygens (including phenoxy) is 1. The quantitative estimate of drug-likeness (QED) is 0.681. The Kier molecular flexibility index (Phi) is 5.11. The third-order valence-corrected chi connectivity index (χ3v) is 4.14. The molecule has 4 nitrogen and oxygen atoms in total. The van der Waals surface area contributed by atoms with E-state index in [9.17, 15) is 4.79 Å². The highest BCUT2D eigenvalue weighted by Gasteiger charge is 2.05. The Morgan fingerprint density at radius 1 is 1.29 bits per heavy atom. The molecule has 0 radical (unpaired) electrons. The summed E-state index contributed by atoms with van der Waals surface area (Å²) in [6.07, 6.45) is 1.65. The first-order valence-electron chi connectivity index (χ1n) is 6.63. The van der Waals surface area contributed by atoms with E-state index in [1.165, 1.54) is 0 Å². The second kappa shape index (κ2) is 7.04. The Labute approximate surface area is 128 Å². The van der Waals surface area contributed by atoms with Crippen molar-refractivity contribution in [2.45, 2.75) is 20.8 Å². The van der Waals surface area contributed by atoms with Crippen LogP contribution in [-0.4, -0.2) is 18.7 Å². The first-order valence-corrected chi connectivity index (χ1v) is 7.51. The van der Waals surface area contributed by atoms with Crippen LogP contribution in [0.5, 0.6) is 5.75 Å². The van der Waals surface area contributed by atoms with Gasteiger partial charge in [0.2, 0.25) is 0 Å². The van der Waals surface area contributed by atoms with Crippen LogP contribution in [0, 0.1) is 20.8 Å². The van der Waals surface area contributed by atoms with Gasteiger partial charge in [-0.1, -0.05) is 12.1 Å². The number of carbonyl (C=O) groups is 1. The number of amides is 1. The minimum absolute atomic E-state index is 0.0505. The molecule has 0 fully saturated rings. The fourth-order valence-electron chi connectivity index (χ4n) is 1.74. The highest BCUT2D eigenvalue weighted by Crippen LogP contribution is 2.20. The molecule has 2 rings (SSSR count). The van der Waals surface area contributed by atoms with Gasteiger partial charge in [0.1, 0.15) is 5.75 Å². The molecule has 0 atom stereocenters. The maximum atomic E-state index is 11.7. The molecule has 0 unspecified atom stereocenters. The number of rotatable bonds is 5. The van der Waals surface area contributed by atoms with E-state index in [0.717, 1.165) is 27.3 Å². The summed E-state index contributed by atoms with van der Waals surface area (Å²) in [6, 6.07) is 7.79. The van der Waals surface area contributed by atoms with Crippen molar-refractivity contribution in [3.05, 3.63) is 51.2 Å². The third kappa shape index (κ3) is 4.16. The third-order valence-electron chi connectivity index (χ3n) is 3.19. The summed E-state index contributed by atoms with van der Waals surface area (Å²) >= 11 is 1.58. The number of benzene rings is 1. The van der Waals surface area contributed by atoms with Crippen LogP contribution in [0.15, 0.2) is 34.7 Å². The molecule has 0 aliphatic rings. The van der Waals surface area contributed by atoms with E-state index in [2.05, 4.69) is 10.5 Å². The molecule has 1 aromatic carbocycles. The number of nitrogens with one attached hydrogen (secondary N) is 1. The van der Waals surface area contributed by atoms with Crippen LogP contribution in [0.2, 0.25) is 0 Å². The van der Waals surface area contributed by atoms with Crippen molar-refractivity contribution in [1.82, 2.24) is 5.43 Å². The summed E-state index contributed by atoms with van der Waals surface area (Å²) in [5.74, 6) is 0.449. The van der Waals surface area contributed by atoms with Crippen LogP contribution < -0.4 is 10.2 Å². The summed E-state index contributed by atoms with van der Waals surface area (Å²) in [5.41, 5.74) is 5.79. The lowest BCUT2D eigenvalue weighted by Crippen LogP contribution is -2.24. The van der Waals surface area contributed by atoms with Crippen molar-refractivity contribution in [3.63, 3.8) is 0 Å². The summed E-state index contributed by atoms with van der Waals surface area (Å²) in [6.45, 7) is 5.94. The predicted octanol–water partition coefficient (Wildman–Crippen LogP) is 3.20. The van der Waals surface area contributed by atoms with Crippen molar-refractivity contribution < 1.29 is 9.53 Å². The molecule has 21 heavy (non-hydrogen) atoms. The number of nitrogens with zero attached hydrogens (tertiary/aromatic N) is 1. The maximum Gasteiger partial charge on any atom is 0.277 e. The summed E-state index contributed by atoms with van der Waals surface area (Å²) in [7, 11) is 0. The minimum Gasteiger partial charge on any atom is -0.483 e. The van der Waals surface area contributed by atoms with Gasteiger partial charge in [-0.05, 0) is 55.0 Å². The lowest BCUT2D eigenvalue weighted by Gasteiger charge is -2.09. The van der Waals surface area contributed by atoms with Crippen LogP contribution in [0.4, 0.5) is 0 Å². The van der Waals surface area contributed by atoms with Gasteiger partial charge in [-0.15, -0.1) is 11.3 Å². The van der Waals surface area contributed by atoms with Crippen molar-refractivity contribution in [2.75, 3.05) is 6.61 Å². The molecule has 1 N–H and O–H groups in total.